The normalized spacial score (nSPS) is 23.5. The molecule has 4 heteroatoms. The third kappa shape index (κ3) is 2.37. The lowest BCUT2D eigenvalue weighted by atomic mass is 9.95. The number of hydrogen-bond donors (Lipinski definition) is 0. The van der Waals surface area contributed by atoms with Crippen molar-refractivity contribution in [1.82, 2.24) is 0 Å². The molecule has 13 heavy (non-hydrogen) atoms. The van der Waals surface area contributed by atoms with E-state index in [1.54, 1.807) is 6.08 Å². The molecule has 0 N–H and O–H groups in total. The van der Waals surface area contributed by atoms with Crippen molar-refractivity contribution in [1.29, 1.82) is 0 Å². The average Bonchev–Trinajstić information content (AvgIpc) is 2.03. The summed E-state index contributed by atoms with van der Waals surface area (Å²) in [5.41, 5.74) is 0.0900. The first-order valence-corrected chi connectivity index (χ1v) is 4.28. The van der Waals surface area contributed by atoms with Gasteiger partial charge in [-0.3, -0.25) is 4.79 Å². The zero-order chi connectivity index (χ0) is 10.1. The number of carbonyl (C=O) groups excluding carboxylic acids is 1. The monoisotopic (exact) mass is 206 g/mol. The van der Waals surface area contributed by atoms with Crippen LogP contribution in [0.25, 0.3) is 0 Å². The molecule has 1 aliphatic rings. The molecule has 1 atom stereocenters. The molecule has 1 nitrogen and oxygen atoms in total. The Hall–Kier alpha value is -0.700. The molecule has 1 unspecified atom stereocenters. The van der Waals surface area contributed by atoms with Gasteiger partial charge in [-0.2, -0.15) is 0 Å². The second-order valence-corrected chi connectivity index (χ2v) is 3.54. The Morgan fingerprint density at radius 3 is 2.77 bits per heavy atom. The molecular weight excluding hydrogens is 198 g/mol. The average molecular weight is 207 g/mol. The van der Waals surface area contributed by atoms with Crippen LogP contribution in [-0.4, -0.2) is 17.6 Å². The molecule has 1 aliphatic carbocycles. The van der Waals surface area contributed by atoms with Crippen LogP contribution in [0.2, 0.25) is 0 Å². The van der Waals surface area contributed by atoms with Gasteiger partial charge in [0.25, 0.3) is 5.92 Å². The zero-order valence-corrected chi connectivity index (χ0v) is 7.81. The summed E-state index contributed by atoms with van der Waals surface area (Å²) < 4.78 is 25.7. The van der Waals surface area contributed by atoms with Crippen molar-refractivity contribution < 1.29 is 13.6 Å². The summed E-state index contributed by atoms with van der Waals surface area (Å²) in [6, 6.07) is 0. The fourth-order valence-corrected chi connectivity index (χ4v) is 1.52. The van der Waals surface area contributed by atoms with Gasteiger partial charge >= 0.3 is 0 Å². The molecule has 0 bridgehead atoms. The SMILES string of the molecule is CC(F)(F)C1=CC(C=O)=CCC1Cl. The third-order valence-corrected chi connectivity index (χ3v) is 2.28. The van der Waals surface area contributed by atoms with Crippen LogP contribution in [0.3, 0.4) is 0 Å². The second-order valence-electron chi connectivity index (χ2n) is 3.01. The molecule has 0 amide bonds. The quantitative estimate of drug-likeness (QED) is 0.502. The fourth-order valence-electron chi connectivity index (χ4n) is 1.18. The molecule has 0 aromatic heterocycles. The maximum atomic E-state index is 12.9. The molecule has 0 spiro atoms. The molecule has 0 saturated carbocycles. The van der Waals surface area contributed by atoms with Crippen LogP contribution in [0.1, 0.15) is 13.3 Å². The van der Waals surface area contributed by atoms with Gasteiger partial charge in [0.05, 0.1) is 5.38 Å². The molecule has 0 fully saturated rings. The van der Waals surface area contributed by atoms with E-state index in [0.717, 1.165) is 13.0 Å². The lowest BCUT2D eigenvalue weighted by Gasteiger charge is -2.22. The number of aldehydes is 1. The molecule has 0 aliphatic heterocycles. The molecule has 72 valence electrons. The summed E-state index contributed by atoms with van der Waals surface area (Å²) in [6.07, 6.45) is 3.55. The highest BCUT2D eigenvalue weighted by atomic mass is 35.5. The molecule has 0 aromatic rings. The number of halogens is 3. The number of rotatable bonds is 2. The van der Waals surface area contributed by atoms with E-state index >= 15 is 0 Å². The molecule has 0 aromatic carbocycles. The Bertz CT molecular complexity index is 276. The topological polar surface area (TPSA) is 17.1 Å². The smallest absolute Gasteiger partial charge is 0.268 e. The lowest BCUT2D eigenvalue weighted by molar-refractivity contribution is -0.104. The van der Waals surface area contributed by atoms with Gasteiger partial charge in [-0.05, 0) is 12.5 Å². The minimum absolute atomic E-state index is 0.182. The van der Waals surface area contributed by atoms with Crippen molar-refractivity contribution in [3.8, 4) is 0 Å². The number of alkyl halides is 3. The zero-order valence-electron chi connectivity index (χ0n) is 7.06. The van der Waals surface area contributed by atoms with Crippen LogP contribution >= 0.6 is 11.6 Å². The van der Waals surface area contributed by atoms with Gasteiger partial charge in [-0.25, -0.2) is 8.78 Å². The third-order valence-electron chi connectivity index (χ3n) is 1.86. The van der Waals surface area contributed by atoms with Crippen molar-refractivity contribution in [2.24, 2.45) is 0 Å². The van der Waals surface area contributed by atoms with Crippen molar-refractivity contribution in [3.05, 3.63) is 23.3 Å². The van der Waals surface area contributed by atoms with E-state index < -0.39 is 11.3 Å². The predicted octanol–water partition coefficient (Wildman–Crippen LogP) is 2.70. The van der Waals surface area contributed by atoms with E-state index in [0.29, 0.717) is 6.29 Å². The lowest BCUT2D eigenvalue weighted by Crippen LogP contribution is -2.23. The van der Waals surface area contributed by atoms with Crippen molar-refractivity contribution in [2.45, 2.75) is 24.6 Å². The molecule has 0 saturated heterocycles. The highest BCUT2D eigenvalue weighted by Crippen LogP contribution is 2.33. The van der Waals surface area contributed by atoms with E-state index in [-0.39, 0.29) is 17.6 Å². The molecule has 0 radical (unpaired) electrons. The molecule has 0 heterocycles. The standard InChI is InChI=1S/C9H9ClF2O/c1-9(11,12)7-4-6(5-13)2-3-8(7)10/h2,4-5,8H,3H2,1H3. The minimum atomic E-state index is -2.95. The first kappa shape index (κ1) is 10.4. The van der Waals surface area contributed by atoms with Crippen LogP contribution in [0.4, 0.5) is 8.78 Å². The predicted molar refractivity (Wildman–Crippen MR) is 47.1 cm³/mol. The van der Waals surface area contributed by atoms with E-state index in [1.807, 2.05) is 0 Å². The Kier molecular flexibility index (Phi) is 2.86. The van der Waals surface area contributed by atoms with Gasteiger partial charge < -0.3 is 0 Å². The van der Waals surface area contributed by atoms with Gasteiger partial charge in [0.2, 0.25) is 0 Å². The van der Waals surface area contributed by atoms with Crippen molar-refractivity contribution in [2.75, 3.05) is 0 Å². The Morgan fingerprint density at radius 2 is 2.31 bits per heavy atom. The van der Waals surface area contributed by atoms with Crippen molar-refractivity contribution in [3.63, 3.8) is 0 Å². The van der Waals surface area contributed by atoms with E-state index in [1.165, 1.54) is 0 Å². The Balaban J connectivity index is 2.99. The highest BCUT2D eigenvalue weighted by molar-refractivity contribution is 6.22. The Labute approximate surface area is 80.1 Å². The van der Waals surface area contributed by atoms with Crippen LogP contribution in [0, 0.1) is 0 Å². The van der Waals surface area contributed by atoms with E-state index in [4.69, 9.17) is 11.6 Å². The van der Waals surface area contributed by atoms with Gasteiger partial charge in [-0.15, -0.1) is 11.6 Å². The van der Waals surface area contributed by atoms with Crippen LogP contribution in [0.5, 0.6) is 0 Å². The summed E-state index contributed by atoms with van der Waals surface area (Å²) in [5, 5.41) is -0.705. The van der Waals surface area contributed by atoms with Crippen LogP contribution < -0.4 is 0 Å². The Morgan fingerprint density at radius 1 is 1.69 bits per heavy atom. The first-order valence-electron chi connectivity index (χ1n) is 3.84. The fraction of sp³-hybridized carbons (Fsp3) is 0.444. The summed E-state index contributed by atoms with van der Waals surface area (Å²) >= 11 is 5.68. The van der Waals surface area contributed by atoms with Crippen LogP contribution in [-0.2, 0) is 4.79 Å². The largest absolute Gasteiger partial charge is 0.298 e. The number of hydrogen-bond acceptors (Lipinski definition) is 1. The summed E-state index contributed by atoms with van der Waals surface area (Å²) in [4.78, 5) is 10.3. The molecular formula is C9H9ClF2O. The number of allylic oxidation sites excluding steroid dienone is 4. The van der Waals surface area contributed by atoms with Gasteiger partial charge in [-0.1, -0.05) is 6.08 Å². The van der Waals surface area contributed by atoms with Crippen molar-refractivity contribution >= 4 is 17.9 Å². The van der Waals surface area contributed by atoms with E-state index in [9.17, 15) is 13.6 Å². The minimum Gasteiger partial charge on any atom is -0.298 e. The van der Waals surface area contributed by atoms with E-state index in [2.05, 4.69) is 0 Å². The second kappa shape index (κ2) is 3.58. The van der Waals surface area contributed by atoms with Crippen LogP contribution in [0.15, 0.2) is 23.3 Å². The first-order chi connectivity index (χ1) is 5.95. The number of carbonyl (C=O) groups is 1. The van der Waals surface area contributed by atoms with Gasteiger partial charge in [0, 0.05) is 18.1 Å². The van der Waals surface area contributed by atoms with Gasteiger partial charge in [0.1, 0.15) is 6.29 Å². The maximum absolute atomic E-state index is 12.9. The van der Waals surface area contributed by atoms with Gasteiger partial charge in [0.15, 0.2) is 0 Å². The maximum Gasteiger partial charge on any atom is 0.268 e. The highest BCUT2D eigenvalue weighted by Gasteiger charge is 2.33. The molecule has 1 rings (SSSR count). The summed E-state index contributed by atoms with van der Waals surface area (Å²) in [6.45, 7) is 0.780. The summed E-state index contributed by atoms with van der Waals surface area (Å²) in [5.74, 6) is -2.95. The summed E-state index contributed by atoms with van der Waals surface area (Å²) in [7, 11) is 0.